The fraction of sp³-hybridized carbons (Fsp3) is 0.400. The van der Waals surface area contributed by atoms with Crippen LogP contribution in [0.1, 0.15) is 10.5 Å². The Kier molecular flexibility index (Phi) is 3.40. The molecule has 1 fully saturated rings. The van der Waals surface area contributed by atoms with E-state index in [1.165, 1.54) is 12.1 Å². The van der Waals surface area contributed by atoms with Gasteiger partial charge in [0.25, 0.3) is 0 Å². The van der Waals surface area contributed by atoms with Gasteiger partial charge in [-0.15, -0.1) is 0 Å². The molecule has 92 valence electrons. The van der Waals surface area contributed by atoms with Gasteiger partial charge in [0.05, 0.1) is 18.9 Å². The van der Waals surface area contributed by atoms with Crippen molar-refractivity contribution in [2.75, 3.05) is 37.5 Å². The molecule has 0 saturated carbocycles. The number of rotatable bonds is 3. The molecule has 0 spiro atoms. The van der Waals surface area contributed by atoms with Gasteiger partial charge in [-0.25, -0.2) is 14.8 Å². The molecule has 2 heterocycles. The zero-order valence-corrected chi connectivity index (χ0v) is 9.22. The molecule has 2 rings (SSSR count). The number of ether oxygens (including phenoxy) is 1. The monoisotopic (exact) mass is 238 g/mol. The minimum atomic E-state index is -1.07. The normalized spacial score (nSPS) is 16.7. The molecular weight excluding hydrogens is 224 g/mol. The number of nitrogens with one attached hydrogen (secondary N) is 1. The molecule has 4 N–H and O–H groups in total. The van der Waals surface area contributed by atoms with E-state index in [2.05, 4.69) is 10.4 Å². The minimum Gasteiger partial charge on any atom is -0.477 e. The van der Waals surface area contributed by atoms with E-state index < -0.39 is 5.97 Å². The number of pyridine rings is 1. The van der Waals surface area contributed by atoms with Gasteiger partial charge in [0, 0.05) is 13.1 Å². The first kappa shape index (κ1) is 11.6. The summed E-state index contributed by atoms with van der Waals surface area (Å²) in [6.07, 6.45) is 0. The Labute approximate surface area is 98.2 Å². The lowest BCUT2D eigenvalue weighted by atomic mass is 10.3. The Hall–Kier alpha value is -1.86. The Morgan fingerprint density at radius 3 is 2.82 bits per heavy atom. The first-order valence-corrected chi connectivity index (χ1v) is 5.26. The first-order chi connectivity index (χ1) is 8.16. The number of aromatic nitrogens is 1. The standard InChI is InChI=1S/C10H14N4O3/c11-7-1-2-8(10(15)16)12-9(7)13-14-3-5-17-6-4-14/h1-2H,3-6,11H2,(H,12,13)(H,15,16). The molecular formula is C10H14N4O3. The third-order valence-electron chi connectivity index (χ3n) is 2.42. The van der Waals surface area contributed by atoms with Gasteiger partial charge in [0.2, 0.25) is 0 Å². The van der Waals surface area contributed by atoms with Crippen LogP contribution in [0.5, 0.6) is 0 Å². The highest BCUT2D eigenvalue weighted by Gasteiger charge is 2.14. The molecule has 1 aliphatic rings. The second-order valence-corrected chi connectivity index (χ2v) is 3.65. The van der Waals surface area contributed by atoms with Gasteiger partial charge in [0.15, 0.2) is 11.5 Å². The number of hydrogen-bond donors (Lipinski definition) is 3. The number of nitrogen functional groups attached to an aromatic ring is 1. The Balaban J connectivity index is 2.13. The average Bonchev–Trinajstić information content (AvgIpc) is 2.33. The number of carboxylic acids is 1. The van der Waals surface area contributed by atoms with E-state index in [-0.39, 0.29) is 5.69 Å². The van der Waals surface area contributed by atoms with Crippen molar-refractivity contribution in [2.45, 2.75) is 0 Å². The summed E-state index contributed by atoms with van der Waals surface area (Å²) in [6, 6.07) is 2.90. The zero-order valence-electron chi connectivity index (χ0n) is 9.22. The number of carboxylic acid groups (broad SMARTS) is 1. The van der Waals surface area contributed by atoms with Gasteiger partial charge in [-0.2, -0.15) is 0 Å². The molecule has 0 aliphatic carbocycles. The molecule has 0 radical (unpaired) electrons. The lowest BCUT2D eigenvalue weighted by molar-refractivity contribution is 0.0494. The number of nitrogens with two attached hydrogens (primary N) is 1. The number of nitrogens with zero attached hydrogens (tertiary/aromatic N) is 2. The first-order valence-electron chi connectivity index (χ1n) is 5.26. The van der Waals surface area contributed by atoms with E-state index in [9.17, 15) is 4.79 Å². The highest BCUT2D eigenvalue weighted by molar-refractivity contribution is 5.86. The molecule has 7 heteroatoms. The van der Waals surface area contributed by atoms with Crippen molar-refractivity contribution in [3.63, 3.8) is 0 Å². The van der Waals surface area contributed by atoms with Crippen molar-refractivity contribution < 1.29 is 14.6 Å². The number of morpholine rings is 1. The van der Waals surface area contributed by atoms with E-state index in [0.29, 0.717) is 37.8 Å². The summed E-state index contributed by atoms with van der Waals surface area (Å²) < 4.78 is 5.20. The summed E-state index contributed by atoms with van der Waals surface area (Å²) in [5, 5.41) is 10.7. The van der Waals surface area contributed by atoms with Crippen LogP contribution < -0.4 is 11.2 Å². The molecule has 17 heavy (non-hydrogen) atoms. The predicted octanol–water partition coefficient (Wildman–Crippen LogP) is 0.0211. The van der Waals surface area contributed by atoms with Crippen LogP contribution >= 0.6 is 0 Å². The maximum atomic E-state index is 10.8. The fourth-order valence-electron chi connectivity index (χ4n) is 1.50. The number of aromatic carboxylic acids is 1. The van der Waals surface area contributed by atoms with Gasteiger partial charge >= 0.3 is 5.97 Å². The van der Waals surface area contributed by atoms with Crippen LogP contribution in [0.2, 0.25) is 0 Å². The zero-order chi connectivity index (χ0) is 12.3. The summed E-state index contributed by atoms with van der Waals surface area (Å²) in [4.78, 5) is 14.7. The number of hydrazine groups is 1. The summed E-state index contributed by atoms with van der Waals surface area (Å²) in [5.41, 5.74) is 9.11. The van der Waals surface area contributed by atoms with Crippen LogP contribution in [0.3, 0.4) is 0 Å². The Morgan fingerprint density at radius 2 is 2.18 bits per heavy atom. The quantitative estimate of drug-likeness (QED) is 0.682. The molecule has 0 atom stereocenters. The van der Waals surface area contributed by atoms with Gasteiger partial charge in [-0.05, 0) is 12.1 Å². The van der Waals surface area contributed by atoms with Crippen LogP contribution in [0, 0.1) is 0 Å². The van der Waals surface area contributed by atoms with Crippen molar-refractivity contribution in [3.8, 4) is 0 Å². The van der Waals surface area contributed by atoms with Crippen LogP contribution in [0.25, 0.3) is 0 Å². The number of anilines is 2. The third kappa shape index (κ3) is 2.83. The second kappa shape index (κ2) is 4.98. The van der Waals surface area contributed by atoms with Crippen LogP contribution in [-0.2, 0) is 4.74 Å². The van der Waals surface area contributed by atoms with Gasteiger partial charge in [-0.1, -0.05) is 0 Å². The van der Waals surface area contributed by atoms with Crippen LogP contribution in [0.15, 0.2) is 12.1 Å². The largest absolute Gasteiger partial charge is 0.477 e. The van der Waals surface area contributed by atoms with E-state index >= 15 is 0 Å². The average molecular weight is 238 g/mol. The van der Waals surface area contributed by atoms with Crippen molar-refractivity contribution in [3.05, 3.63) is 17.8 Å². The molecule has 0 amide bonds. The summed E-state index contributed by atoms with van der Waals surface area (Å²) in [5.74, 6) is -0.707. The SMILES string of the molecule is Nc1ccc(C(=O)O)nc1NN1CCOCC1. The van der Waals surface area contributed by atoms with Crippen molar-refractivity contribution in [1.29, 1.82) is 0 Å². The minimum absolute atomic E-state index is 0.0324. The molecule has 0 unspecified atom stereocenters. The van der Waals surface area contributed by atoms with Gasteiger partial charge in [0.1, 0.15) is 0 Å². The highest BCUT2D eigenvalue weighted by atomic mass is 16.5. The fourth-order valence-corrected chi connectivity index (χ4v) is 1.50. The van der Waals surface area contributed by atoms with Crippen molar-refractivity contribution in [2.24, 2.45) is 0 Å². The number of hydrogen-bond acceptors (Lipinski definition) is 6. The third-order valence-corrected chi connectivity index (χ3v) is 2.42. The van der Waals surface area contributed by atoms with E-state index in [1.807, 2.05) is 5.01 Å². The second-order valence-electron chi connectivity index (χ2n) is 3.65. The molecule has 1 aromatic heterocycles. The lowest BCUT2D eigenvalue weighted by Crippen LogP contribution is -2.40. The summed E-state index contributed by atoms with van der Waals surface area (Å²) in [6.45, 7) is 2.67. The van der Waals surface area contributed by atoms with E-state index in [1.54, 1.807) is 0 Å². The number of carbonyl (C=O) groups is 1. The topological polar surface area (TPSA) is 101 Å². The molecule has 7 nitrogen and oxygen atoms in total. The smallest absolute Gasteiger partial charge is 0.354 e. The van der Waals surface area contributed by atoms with E-state index in [4.69, 9.17) is 15.6 Å². The van der Waals surface area contributed by atoms with Crippen LogP contribution in [-0.4, -0.2) is 47.4 Å². The Morgan fingerprint density at radius 1 is 1.47 bits per heavy atom. The van der Waals surface area contributed by atoms with Crippen molar-refractivity contribution >= 4 is 17.5 Å². The molecule has 1 aliphatic heterocycles. The van der Waals surface area contributed by atoms with Gasteiger partial charge < -0.3 is 21.0 Å². The maximum absolute atomic E-state index is 10.8. The Bertz CT molecular complexity index is 418. The lowest BCUT2D eigenvalue weighted by Gasteiger charge is -2.27. The highest BCUT2D eigenvalue weighted by Crippen LogP contribution is 2.16. The molecule has 1 saturated heterocycles. The maximum Gasteiger partial charge on any atom is 0.354 e. The van der Waals surface area contributed by atoms with Crippen molar-refractivity contribution in [1.82, 2.24) is 9.99 Å². The summed E-state index contributed by atoms with van der Waals surface area (Å²) in [7, 11) is 0. The van der Waals surface area contributed by atoms with Gasteiger partial charge in [-0.3, -0.25) is 0 Å². The predicted molar refractivity (Wildman–Crippen MR) is 61.6 cm³/mol. The van der Waals surface area contributed by atoms with Crippen LogP contribution in [0.4, 0.5) is 11.5 Å². The summed E-state index contributed by atoms with van der Waals surface area (Å²) >= 11 is 0. The molecule has 1 aromatic rings. The molecule has 0 bridgehead atoms. The van der Waals surface area contributed by atoms with E-state index in [0.717, 1.165) is 0 Å². The molecule has 0 aromatic carbocycles.